The summed E-state index contributed by atoms with van der Waals surface area (Å²) >= 11 is 0. The molecule has 4 unspecified atom stereocenters. The molecule has 0 aromatic carbocycles. The van der Waals surface area contributed by atoms with Crippen LogP contribution >= 0.6 is 0 Å². The number of nitrogens with one attached hydrogen (secondary N) is 3. The van der Waals surface area contributed by atoms with E-state index in [-0.39, 0.29) is 44.3 Å². The summed E-state index contributed by atoms with van der Waals surface area (Å²) in [6.07, 6.45) is 4.98. The molecular weight excluding hydrogens is 524 g/mol. The molecule has 14 N–H and O–H groups in total. The summed E-state index contributed by atoms with van der Waals surface area (Å²) in [4.78, 5) is 67.2. The van der Waals surface area contributed by atoms with E-state index in [1.807, 2.05) is 0 Å². The lowest BCUT2D eigenvalue weighted by atomic mass is 10.1. The normalized spacial score (nSPS) is 16.8. The molecule has 0 radical (unpaired) electrons. The molecule has 0 spiro atoms. The number of carboxylic acid groups (broad SMARTS) is 1. The zero-order valence-electron chi connectivity index (χ0n) is 22.3. The molecule has 3 amide bonds. The number of aliphatic imine (C=N–C) groups is 2. The first kappa shape index (κ1) is 31.8. The smallest absolute Gasteiger partial charge is 0.326 e. The Morgan fingerprint density at radius 3 is 2.23 bits per heavy atom. The second-order valence-electron chi connectivity index (χ2n) is 9.44. The van der Waals surface area contributed by atoms with Gasteiger partial charge in [-0.3, -0.25) is 24.4 Å². The van der Waals surface area contributed by atoms with Gasteiger partial charge >= 0.3 is 5.97 Å². The van der Waals surface area contributed by atoms with Crippen molar-refractivity contribution >= 4 is 35.6 Å². The lowest BCUT2D eigenvalue weighted by Crippen LogP contribution is -2.57. The first-order valence-electron chi connectivity index (χ1n) is 13.0. The van der Waals surface area contributed by atoms with Crippen molar-refractivity contribution in [3.8, 4) is 0 Å². The highest BCUT2D eigenvalue weighted by Gasteiger charge is 2.38. The van der Waals surface area contributed by atoms with Crippen LogP contribution in [0, 0.1) is 0 Å². The monoisotopic (exact) mass is 564 g/mol. The van der Waals surface area contributed by atoms with Crippen molar-refractivity contribution in [2.45, 2.75) is 69.1 Å². The van der Waals surface area contributed by atoms with Gasteiger partial charge in [-0.1, -0.05) is 0 Å². The van der Waals surface area contributed by atoms with Crippen molar-refractivity contribution in [1.82, 2.24) is 25.5 Å². The van der Waals surface area contributed by atoms with E-state index in [1.54, 1.807) is 0 Å². The second kappa shape index (κ2) is 15.9. The number of carbonyl (C=O) groups is 4. The van der Waals surface area contributed by atoms with Crippen molar-refractivity contribution in [2.75, 3.05) is 19.6 Å². The maximum Gasteiger partial charge on any atom is 0.326 e. The Hall–Kier alpha value is -4.41. The lowest BCUT2D eigenvalue weighted by Gasteiger charge is -2.29. The summed E-state index contributed by atoms with van der Waals surface area (Å²) in [5, 5.41) is 14.9. The Kier molecular flexibility index (Phi) is 12.6. The maximum absolute atomic E-state index is 13.4. The van der Waals surface area contributed by atoms with Crippen LogP contribution < -0.4 is 39.3 Å². The number of imidazole rings is 1. The van der Waals surface area contributed by atoms with E-state index in [4.69, 9.17) is 28.7 Å². The molecule has 2 rings (SSSR count). The van der Waals surface area contributed by atoms with Crippen molar-refractivity contribution in [1.29, 1.82) is 0 Å². The van der Waals surface area contributed by atoms with Crippen molar-refractivity contribution < 1.29 is 24.3 Å². The number of carbonyl (C=O) groups excluding carboxylic acids is 3. The molecule has 1 fully saturated rings. The number of aliphatic carboxylic acids is 1. The molecule has 17 nitrogen and oxygen atoms in total. The first-order chi connectivity index (χ1) is 19.0. The number of hydrogen-bond acceptors (Lipinski definition) is 8. The van der Waals surface area contributed by atoms with Crippen LogP contribution in [0.25, 0.3) is 0 Å². The fourth-order valence-electron chi connectivity index (χ4n) is 4.28. The number of carboxylic acids is 1. The minimum absolute atomic E-state index is 0.0364. The summed E-state index contributed by atoms with van der Waals surface area (Å²) < 4.78 is 0. The number of likely N-dealkylation sites (tertiary alicyclic amines) is 1. The van der Waals surface area contributed by atoms with Gasteiger partial charge in [0.05, 0.1) is 12.4 Å². The van der Waals surface area contributed by atoms with Gasteiger partial charge in [0.25, 0.3) is 0 Å². The van der Waals surface area contributed by atoms with Crippen LogP contribution in [-0.2, 0) is 25.6 Å². The van der Waals surface area contributed by atoms with E-state index in [0.29, 0.717) is 37.9 Å². The van der Waals surface area contributed by atoms with E-state index in [1.165, 1.54) is 17.4 Å². The van der Waals surface area contributed by atoms with E-state index < -0.39 is 47.9 Å². The fourth-order valence-corrected chi connectivity index (χ4v) is 4.28. The van der Waals surface area contributed by atoms with Gasteiger partial charge in [0.2, 0.25) is 17.7 Å². The third-order valence-corrected chi connectivity index (χ3v) is 6.30. The average Bonchev–Trinajstić information content (AvgIpc) is 3.59. The Balaban J connectivity index is 2.17. The Morgan fingerprint density at radius 2 is 1.65 bits per heavy atom. The molecule has 222 valence electrons. The molecule has 1 aliphatic rings. The topological polar surface area (TPSA) is 299 Å². The highest BCUT2D eigenvalue weighted by atomic mass is 16.4. The van der Waals surface area contributed by atoms with Gasteiger partial charge in [-0.05, 0) is 38.5 Å². The molecule has 40 heavy (non-hydrogen) atoms. The third-order valence-electron chi connectivity index (χ3n) is 6.30. The van der Waals surface area contributed by atoms with Crippen molar-refractivity contribution in [3.05, 3.63) is 18.2 Å². The number of H-pyrrole nitrogens is 1. The zero-order valence-corrected chi connectivity index (χ0v) is 22.3. The zero-order chi connectivity index (χ0) is 29.7. The minimum Gasteiger partial charge on any atom is -0.480 e. The number of amides is 3. The highest BCUT2D eigenvalue weighted by Crippen LogP contribution is 2.20. The van der Waals surface area contributed by atoms with Gasteiger partial charge in [0.15, 0.2) is 11.9 Å². The van der Waals surface area contributed by atoms with Gasteiger partial charge in [-0.15, -0.1) is 0 Å². The number of aromatic nitrogens is 2. The Morgan fingerprint density at radius 1 is 1.02 bits per heavy atom. The number of nitrogens with two attached hydrogens (primary N) is 5. The average molecular weight is 565 g/mol. The Labute approximate surface area is 231 Å². The predicted molar refractivity (Wildman–Crippen MR) is 146 cm³/mol. The molecular formula is C23H40N12O5. The van der Waals surface area contributed by atoms with E-state index in [9.17, 15) is 24.3 Å². The molecule has 1 saturated heterocycles. The Bertz CT molecular complexity index is 1050. The summed E-state index contributed by atoms with van der Waals surface area (Å²) in [6, 6.07) is -4.11. The van der Waals surface area contributed by atoms with Gasteiger partial charge in [-0.25, -0.2) is 9.78 Å². The minimum atomic E-state index is -1.12. The highest BCUT2D eigenvalue weighted by molar-refractivity contribution is 5.94. The molecule has 0 saturated carbocycles. The quantitative estimate of drug-likeness (QED) is 0.0537. The molecule has 0 bridgehead atoms. The molecule has 1 aliphatic heterocycles. The molecule has 1 aromatic heterocycles. The van der Waals surface area contributed by atoms with Gasteiger partial charge in [0.1, 0.15) is 18.1 Å². The standard InChI is InChI=1S/C23H40N12O5/c24-14(4-1-7-30-22(25)26)18(36)34-16(10-13-11-29-12-32-13)19(37)33-15(5-2-8-31-23(27)28)20(38)35-9-3-6-17(35)21(39)40/h11-12,14-17H,1-10,24H2,(H,29,32)(H,33,37)(H,34,36)(H,39,40)(H4,25,26,30)(H4,27,28,31). The molecule has 2 heterocycles. The summed E-state index contributed by atoms with van der Waals surface area (Å²) in [5.74, 6) is -3.07. The van der Waals surface area contributed by atoms with Crippen LogP contribution in [0.1, 0.15) is 44.2 Å². The summed E-state index contributed by atoms with van der Waals surface area (Å²) in [5.41, 5.74) is 27.9. The van der Waals surface area contributed by atoms with E-state index >= 15 is 0 Å². The van der Waals surface area contributed by atoms with Crippen LogP contribution in [0.4, 0.5) is 0 Å². The summed E-state index contributed by atoms with van der Waals surface area (Å²) in [6.45, 7) is 0.741. The molecule has 4 atom stereocenters. The molecule has 0 aliphatic carbocycles. The number of nitrogens with zero attached hydrogens (tertiary/aromatic N) is 4. The molecule has 1 aromatic rings. The number of rotatable bonds is 16. The maximum atomic E-state index is 13.4. The van der Waals surface area contributed by atoms with Gasteiger partial charge < -0.3 is 54.3 Å². The molecule has 17 heteroatoms. The second-order valence-corrected chi connectivity index (χ2v) is 9.44. The SMILES string of the molecule is NC(N)=NCCCC(N)C(=O)NC(Cc1cnc[nH]1)C(=O)NC(CCCN=C(N)N)C(=O)N1CCCC1C(=O)O. The van der Waals surface area contributed by atoms with Gasteiger partial charge in [0, 0.05) is 37.9 Å². The van der Waals surface area contributed by atoms with Crippen LogP contribution in [-0.4, -0.2) is 99.4 Å². The predicted octanol–water partition coefficient (Wildman–Crippen LogP) is -3.57. The van der Waals surface area contributed by atoms with Crippen LogP contribution in [0.15, 0.2) is 22.5 Å². The van der Waals surface area contributed by atoms with Crippen LogP contribution in [0.5, 0.6) is 0 Å². The van der Waals surface area contributed by atoms with Crippen molar-refractivity contribution in [2.24, 2.45) is 38.7 Å². The van der Waals surface area contributed by atoms with Gasteiger partial charge in [-0.2, -0.15) is 0 Å². The number of hydrogen-bond donors (Lipinski definition) is 9. The van der Waals surface area contributed by atoms with E-state index in [2.05, 4.69) is 30.6 Å². The number of guanidine groups is 2. The van der Waals surface area contributed by atoms with E-state index in [0.717, 1.165) is 0 Å². The summed E-state index contributed by atoms with van der Waals surface area (Å²) in [7, 11) is 0. The number of aromatic amines is 1. The third kappa shape index (κ3) is 10.4. The fraction of sp³-hybridized carbons (Fsp3) is 0.609. The first-order valence-corrected chi connectivity index (χ1v) is 13.0. The van der Waals surface area contributed by atoms with Crippen molar-refractivity contribution in [3.63, 3.8) is 0 Å². The van der Waals surface area contributed by atoms with Crippen LogP contribution in [0.2, 0.25) is 0 Å². The largest absolute Gasteiger partial charge is 0.480 e. The lowest BCUT2D eigenvalue weighted by molar-refractivity contribution is -0.149. The van der Waals surface area contributed by atoms with Crippen LogP contribution in [0.3, 0.4) is 0 Å².